The highest BCUT2D eigenvalue weighted by Crippen LogP contribution is 2.41. The molecule has 45 heavy (non-hydrogen) atoms. The number of carbonyl (C=O) groups excluding carboxylic acids is 1. The van der Waals surface area contributed by atoms with Crippen LogP contribution in [0.1, 0.15) is 22.3 Å². The van der Waals surface area contributed by atoms with Gasteiger partial charge in [-0.2, -0.15) is 0 Å². The van der Waals surface area contributed by atoms with Crippen LogP contribution in [0.3, 0.4) is 0 Å². The summed E-state index contributed by atoms with van der Waals surface area (Å²) >= 11 is 7.14. The van der Waals surface area contributed by atoms with Gasteiger partial charge in [0.15, 0.2) is 17.2 Å². The average molecular weight is 740 g/mol. The molecule has 0 saturated heterocycles. The maximum atomic E-state index is 12.5. The lowest BCUT2D eigenvalue weighted by atomic mass is 10.1. The van der Waals surface area contributed by atoms with Crippen LogP contribution in [0, 0.1) is 0 Å². The summed E-state index contributed by atoms with van der Waals surface area (Å²) in [6, 6.07) is 28.3. The van der Waals surface area contributed by atoms with Gasteiger partial charge in [0.1, 0.15) is 19.0 Å². The monoisotopic (exact) mass is 738 g/mol. The number of ether oxygens (including phenoxy) is 3. The van der Waals surface area contributed by atoms with Crippen molar-refractivity contribution in [1.29, 1.82) is 0 Å². The zero-order valence-corrected chi connectivity index (χ0v) is 27.9. The fourth-order valence-corrected chi connectivity index (χ4v) is 5.35. The molecule has 4 aromatic rings. The number of aliphatic hydroxyl groups excluding tert-OH is 1. The van der Waals surface area contributed by atoms with Crippen molar-refractivity contribution in [3.63, 3.8) is 0 Å². The molecule has 11 heteroatoms. The van der Waals surface area contributed by atoms with Crippen molar-refractivity contribution in [3.05, 3.63) is 122 Å². The quantitative estimate of drug-likeness (QED) is 0.0769. The fraction of sp³-hybridized carbons (Fsp3) is 0.206. The van der Waals surface area contributed by atoms with Gasteiger partial charge in [0.25, 0.3) is 0 Å². The van der Waals surface area contributed by atoms with Crippen molar-refractivity contribution in [2.24, 2.45) is 10.3 Å². The zero-order valence-electron chi connectivity index (χ0n) is 24.7. The van der Waals surface area contributed by atoms with Gasteiger partial charge >= 0.3 is 5.97 Å². The number of benzene rings is 4. The SMILES string of the molecule is COC(=O)/C(Cc1cc(Br)c(OC)c(Oc2ccc(C/C(CO)=N\OCc3ccccc3)cc2Br)c1)=N/OCc1ccccc1. The first-order valence-corrected chi connectivity index (χ1v) is 15.4. The van der Waals surface area contributed by atoms with Gasteiger partial charge < -0.3 is 29.0 Å². The molecular formula is C34H32Br2N2O7. The Balaban J connectivity index is 1.48. The van der Waals surface area contributed by atoms with Gasteiger partial charge in [-0.3, -0.25) is 0 Å². The van der Waals surface area contributed by atoms with E-state index in [1.807, 2.05) is 78.9 Å². The second-order valence-corrected chi connectivity index (χ2v) is 11.4. The average Bonchev–Trinajstić information content (AvgIpc) is 3.05. The lowest BCUT2D eigenvalue weighted by Crippen LogP contribution is -2.19. The highest BCUT2D eigenvalue weighted by atomic mass is 79.9. The second kappa shape index (κ2) is 17.3. The minimum atomic E-state index is -0.605. The van der Waals surface area contributed by atoms with Gasteiger partial charge in [-0.05, 0) is 78.4 Å². The predicted octanol–water partition coefficient (Wildman–Crippen LogP) is 7.41. The third kappa shape index (κ3) is 10.2. The Labute approximate surface area is 278 Å². The lowest BCUT2D eigenvalue weighted by Gasteiger charge is -2.16. The minimum absolute atomic E-state index is 0.0936. The molecule has 0 atom stereocenters. The molecule has 9 nitrogen and oxygen atoms in total. The van der Waals surface area contributed by atoms with E-state index in [1.165, 1.54) is 7.11 Å². The lowest BCUT2D eigenvalue weighted by molar-refractivity contribution is -0.133. The number of carbonyl (C=O) groups is 1. The van der Waals surface area contributed by atoms with Gasteiger partial charge in [-0.15, -0.1) is 0 Å². The first kappa shape index (κ1) is 33.7. The number of nitrogens with zero attached hydrogens (tertiary/aromatic N) is 2. The van der Waals surface area contributed by atoms with Gasteiger partial charge in [-0.1, -0.05) is 77.0 Å². The molecule has 0 aliphatic heterocycles. The Kier molecular flexibility index (Phi) is 13.0. The molecule has 0 saturated carbocycles. The molecule has 0 aromatic heterocycles. The Morgan fingerprint density at radius 2 is 1.33 bits per heavy atom. The molecule has 0 spiro atoms. The number of hydrogen-bond donors (Lipinski definition) is 1. The molecule has 0 bridgehead atoms. The molecule has 0 fully saturated rings. The van der Waals surface area contributed by atoms with E-state index in [2.05, 4.69) is 42.2 Å². The minimum Gasteiger partial charge on any atom is -0.492 e. The van der Waals surface area contributed by atoms with E-state index in [4.69, 9.17) is 23.9 Å². The van der Waals surface area contributed by atoms with Crippen LogP contribution in [0.2, 0.25) is 0 Å². The third-order valence-corrected chi connectivity index (χ3v) is 7.60. The molecule has 234 valence electrons. The first-order valence-electron chi connectivity index (χ1n) is 13.9. The maximum Gasteiger partial charge on any atom is 0.356 e. The topological polar surface area (TPSA) is 108 Å². The van der Waals surface area contributed by atoms with E-state index in [1.54, 1.807) is 19.2 Å². The fourth-order valence-electron chi connectivity index (χ4n) is 4.19. The molecule has 0 radical (unpaired) electrons. The molecule has 0 aliphatic rings. The highest BCUT2D eigenvalue weighted by Gasteiger charge is 2.19. The molecule has 0 unspecified atom stereocenters. The van der Waals surface area contributed by atoms with Crippen molar-refractivity contribution in [2.75, 3.05) is 20.8 Å². The van der Waals surface area contributed by atoms with Crippen LogP contribution in [-0.4, -0.2) is 43.3 Å². The summed E-state index contributed by atoms with van der Waals surface area (Å²) < 4.78 is 18.1. The Bertz CT molecular complexity index is 1630. The molecule has 0 heterocycles. The van der Waals surface area contributed by atoms with Crippen LogP contribution in [0.15, 0.2) is 110 Å². The number of halogens is 2. The van der Waals surface area contributed by atoms with E-state index >= 15 is 0 Å². The van der Waals surface area contributed by atoms with Crippen LogP contribution in [-0.2, 0) is 45.3 Å². The van der Waals surface area contributed by atoms with Crippen LogP contribution in [0.4, 0.5) is 0 Å². The predicted molar refractivity (Wildman–Crippen MR) is 179 cm³/mol. The van der Waals surface area contributed by atoms with Crippen molar-refractivity contribution in [1.82, 2.24) is 0 Å². The first-order chi connectivity index (χ1) is 21.9. The number of rotatable bonds is 15. The number of esters is 1. The normalized spacial score (nSPS) is 11.6. The zero-order chi connectivity index (χ0) is 32.0. The van der Waals surface area contributed by atoms with Crippen LogP contribution >= 0.6 is 31.9 Å². The number of hydrogen-bond acceptors (Lipinski definition) is 9. The smallest absolute Gasteiger partial charge is 0.356 e. The van der Waals surface area contributed by atoms with Crippen molar-refractivity contribution in [2.45, 2.75) is 26.1 Å². The van der Waals surface area contributed by atoms with Gasteiger partial charge in [0, 0.05) is 12.8 Å². The molecule has 0 amide bonds. The molecular weight excluding hydrogens is 708 g/mol. The van der Waals surface area contributed by atoms with Gasteiger partial charge in [-0.25, -0.2) is 4.79 Å². The maximum absolute atomic E-state index is 12.5. The summed E-state index contributed by atoms with van der Waals surface area (Å²) in [5, 5.41) is 18.0. The van der Waals surface area contributed by atoms with Gasteiger partial charge in [0.05, 0.1) is 35.5 Å². The summed E-state index contributed by atoms with van der Waals surface area (Å²) in [7, 11) is 2.83. The highest BCUT2D eigenvalue weighted by molar-refractivity contribution is 9.11. The van der Waals surface area contributed by atoms with Crippen molar-refractivity contribution >= 4 is 49.3 Å². The molecule has 4 aromatic carbocycles. The Hall–Kier alpha value is -4.19. The summed E-state index contributed by atoms with van der Waals surface area (Å²) in [5.74, 6) is 0.803. The summed E-state index contributed by atoms with van der Waals surface area (Å²) in [4.78, 5) is 23.4. The largest absolute Gasteiger partial charge is 0.492 e. The molecule has 0 aliphatic carbocycles. The standard InChI is InChI=1S/C34H32Br2N2O7/c1-41-33-29(36)17-26(18-30(34(40)42-2)38-44-22-24-11-7-4-8-12-24)19-32(33)45-31-14-13-25(16-28(31)35)15-27(20-39)37-43-21-23-9-5-3-6-10-23/h3-14,16-17,19,39H,15,18,20-22H2,1-2H3/b37-27+,38-30+. The number of methoxy groups -OCH3 is 2. The second-order valence-electron chi connectivity index (χ2n) is 9.69. The van der Waals surface area contributed by atoms with Crippen molar-refractivity contribution < 1.29 is 33.8 Å². The van der Waals surface area contributed by atoms with Crippen molar-refractivity contribution in [3.8, 4) is 17.2 Å². The van der Waals surface area contributed by atoms with Gasteiger partial charge in [0.2, 0.25) is 0 Å². The molecule has 4 rings (SSSR count). The number of oxime groups is 2. The Morgan fingerprint density at radius 1 is 0.711 bits per heavy atom. The van der Waals surface area contributed by atoms with E-state index < -0.39 is 5.97 Å². The molecule has 1 N–H and O–H groups in total. The summed E-state index contributed by atoms with van der Waals surface area (Å²) in [5.41, 5.74) is 4.08. The third-order valence-electron chi connectivity index (χ3n) is 6.39. The van der Waals surface area contributed by atoms with E-state index in [-0.39, 0.29) is 25.3 Å². The summed E-state index contributed by atoms with van der Waals surface area (Å²) in [6.07, 6.45) is 0.507. The van der Waals surface area contributed by atoms with E-state index in [9.17, 15) is 9.90 Å². The van der Waals surface area contributed by atoms with Crippen LogP contribution in [0.5, 0.6) is 17.2 Å². The number of aliphatic hydroxyl groups is 1. The summed E-state index contributed by atoms with van der Waals surface area (Å²) in [6.45, 7) is 0.278. The van der Waals surface area contributed by atoms with E-state index in [0.717, 1.165) is 16.7 Å². The van der Waals surface area contributed by atoms with E-state index in [0.29, 0.717) is 50.5 Å². The Morgan fingerprint density at radius 3 is 1.91 bits per heavy atom. The van der Waals surface area contributed by atoms with Crippen LogP contribution < -0.4 is 9.47 Å². The van der Waals surface area contributed by atoms with Crippen LogP contribution in [0.25, 0.3) is 0 Å².